The third kappa shape index (κ3) is 4.18. The zero-order chi connectivity index (χ0) is 21.1. The van der Waals surface area contributed by atoms with Gasteiger partial charge in [-0.25, -0.2) is 0 Å². The molecule has 0 fully saturated rings. The lowest BCUT2D eigenvalue weighted by atomic mass is 10.1. The molecule has 0 bridgehead atoms. The molecular formula is C20H23N5O4. The van der Waals surface area contributed by atoms with E-state index in [1.54, 1.807) is 42.9 Å². The first-order valence-corrected chi connectivity index (χ1v) is 9.31. The van der Waals surface area contributed by atoms with Crippen LogP contribution in [0.1, 0.15) is 44.9 Å². The van der Waals surface area contributed by atoms with Crippen molar-refractivity contribution >= 4 is 29.3 Å². The standard InChI is InChI=1S/C20H23N5O4/c1-12-18(13(2)24(3)23-12)22-17(27)11-21-16(26)9-6-10-25-19(28)14-7-4-5-8-15(14)20(25)29/h4-5,7-8H,6,9-11H2,1-3H3,(H,21,26)(H,22,27). The lowest BCUT2D eigenvalue weighted by molar-refractivity contribution is -0.124. The van der Waals surface area contributed by atoms with E-state index in [-0.39, 0.29) is 43.1 Å². The largest absolute Gasteiger partial charge is 0.347 e. The van der Waals surface area contributed by atoms with Gasteiger partial charge in [-0.15, -0.1) is 0 Å². The lowest BCUT2D eigenvalue weighted by Crippen LogP contribution is -2.34. The van der Waals surface area contributed by atoms with Crippen molar-refractivity contribution < 1.29 is 19.2 Å². The molecule has 1 aliphatic rings. The number of nitrogens with zero attached hydrogens (tertiary/aromatic N) is 3. The Labute approximate surface area is 168 Å². The first-order valence-electron chi connectivity index (χ1n) is 9.31. The molecule has 152 valence electrons. The number of carbonyl (C=O) groups is 4. The number of rotatable bonds is 7. The smallest absolute Gasteiger partial charge is 0.261 e. The number of nitrogens with one attached hydrogen (secondary N) is 2. The highest BCUT2D eigenvalue weighted by Crippen LogP contribution is 2.22. The van der Waals surface area contributed by atoms with Crippen molar-refractivity contribution in [2.24, 2.45) is 7.05 Å². The van der Waals surface area contributed by atoms with Crippen molar-refractivity contribution in [3.8, 4) is 0 Å². The molecule has 3 rings (SSSR count). The number of hydrogen-bond donors (Lipinski definition) is 2. The molecule has 1 aliphatic heterocycles. The predicted octanol–water partition coefficient (Wildman–Crippen LogP) is 1.17. The van der Waals surface area contributed by atoms with Gasteiger partial charge >= 0.3 is 0 Å². The van der Waals surface area contributed by atoms with Gasteiger partial charge in [0.05, 0.1) is 34.7 Å². The molecule has 29 heavy (non-hydrogen) atoms. The van der Waals surface area contributed by atoms with Crippen molar-refractivity contribution in [1.29, 1.82) is 0 Å². The molecule has 2 aromatic rings. The maximum Gasteiger partial charge on any atom is 0.261 e. The van der Waals surface area contributed by atoms with Crippen LogP contribution in [0.2, 0.25) is 0 Å². The minimum absolute atomic E-state index is 0.103. The summed E-state index contributed by atoms with van der Waals surface area (Å²) in [5.41, 5.74) is 2.94. The predicted molar refractivity (Wildman–Crippen MR) is 105 cm³/mol. The highest BCUT2D eigenvalue weighted by atomic mass is 16.2. The molecule has 0 saturated heterocycles. The Morgan fingerprint density at radius 3 is 2.21 bits per heavy atom. The fourth-order valence-corrected chi connectivity index (χ4v) is 3.25. The van der Waals surface area contributed by atoms with E-state index >= 15 is 0 Å². The summed E-state index contributed by atoms with van der Waals surface area (Å²) in [5, 5.41) is 9.51. The Morgan fingerprint density at radius 2 is 1.66 bits per heavy atom. The Bertz CT molecular complexity index is 960. The number of hydrogen-bond acceptors (Lipinski definition) is 5. The molecule has 0 radical (unpaired) electrons. The number of amides is 4. The fourth-order valence-electron chi connectivity index (χ4n) is 3.25. The van der Waals surface area contributed by atoms with Gasteiger partial charge in [0, 0.05) is 20.0 Å². The molecule has 0 spiro atoms. The average Bonchev–Trinajstić information content (AvgIpc) is 3.08. The molecule has 2 heterocycles. The number of benzene rings is 1. The Balaban J connectivity index is 1.42. The normalized spacial score (nSPS) is 12.9. The van der Waals surface area contributed by atoms with Gasteiger partial charge in [-0.05, 0) is 32.4 Å². The Hall–Kier alpha value is -3.49. The van der Waals surface area contributed by atoms with Gasteiger partial charge in [0.25, 0.3) is 11.8 Å². The molecule has 2 N–H and O–H groups in total. The highest BCUT2D eigenvalue weighted by Gasteiger charge is 2.34. The highest BCUT2D eigenvalue weighted by molar-refractivity contribution is 6.21. The molecule has 1 aromatic carbocycles. The van der Waals surface area contributed by atoms with E-state index in [4.69, 9.17) is 0 Å². The van der Waals surface area contributed by atoms with Crippen LogP contribution >= 0.6 is 0 Å². The zero-order valence-electron chi connectivity index (χ0n) is 16.6. The van der Waals surface area contributed by atoms with Crippen LogP contribution in [0.4, 0.5) is 5.69 Å². The molecule has 1 aromatic heterocycles. The molecule has 4 amide bonds. The molecule has 0 unspecified atom stereocenters. The van der Waals surface area contributed by atoms with Crippen LogP contribution < -0.4 is 10.6 Å². The summed E-state index contributed by atoms with van der Waals surface area (Å²) in [5.74, 6) is -1.35. The van der Waals surface area contributed by atoms with Crippen molar-refractivity contribution in [2.75, 3.05) is 18.4 Å². The van der Waals surface area contributed by atoms with E-state index < -0.39 is 0 Å². The van der Waals surface area contributed by atoms with Gasteiger partial charge in [0.1, 0.15) is 0 Å². The fraction of sp³-hybridized carbons (Fsp3) is 0.350. The molecule has 0 saturated carbocycles. The Kier molecular flexibility index (Phi) is 5.76. The third-order valence-corrected chi connectivity index (χ3v) is 4.88. The van der Waals surface area contributed by atoms with Crippen molar-refractivity contribution in [2.45, 2.75) is 26.7 Å². The first kappa shape index (κ1) is 20.2. The van der Waals surface area contributed by atoms with E-state index in [9.17, 15) is 19.2 Å². The van der Waals surface area contributed by atoms with E-state index in [0.717, 1.165) is 10.6 Å². The molecule has 0 aliphatic carbocycles. The second-order valence-corrected chi connectivity index (χ2v) is 6.91. The van der Waals surface area contributed by atoms with Gasteiger partial charge < -0.3 is 10.6 Å². The van der Waals surface area contributed by atoms with E-state index in [0.29, 0.717) is 28.9 Å². The summed E-state index contributed by atoms with van der Waals surface area (Å²) < 4.78 is 1.67. The molecule has 9 nitrogen and oxygen atoms in total. The quantitative estimate of drug-likeness (QED) is 0.681. The van der Waals surface area contributed by atoms with Crippen molar-refractivity contribution in [3.05, 3.63) is 46.8 Å². The summed E-state index contributed by atoms with van der Waals surface area (Å²) in [6.45, 7) is 3.62. The minimum atomic E-state index is -0.349. The second-order valence-electron chi connectivity index (χ2n) is 6.91. The number of aryl methyl sites for hydroxylation is 2. The molecule has 0 atom stereocenters. The van der Waals surface area contributed by atoms with Gasteiger partial charge in [-0.2, -0.15) is 5.10 Å². The average molecular weight is 397 g/mol. The monoisotopic (exact) mass is 397 g/mol. The summed E-state index contributed by atoms with van der Waals surface area (Å²) in [6, 6.07) is 6.65. The van der Waals surface area contributed by atoms with Crippen LogP contribution in [-0.2, 0) is 16.6 Å². The number of fused-ring (bicyclic) bond motifs is 1. The van der Waals surface area contributed by atoms with E-state index in [1.165, 1.54) is 0 Å². The number of anilines is 1. The lowest BCUT2D eigenvalue weighted by Gasteiger charge is -2.13. The van der Waals surface area contributed by atoms with Gasteiger partial charge in [-0.1, -0.05) is 12.1 Å². The maximum absolute atomic E-state index is 12.3. The van der Waals surface area contributed by atoms with Gasteiger partial charge in [0.15, 0.2) is 0 Å². The zero-order valence-corrected chi connectivity index (χ0v) is 16.6. The van der Waals surface area contributed by atoms with E-state index in [1.807, 2.05) is 6.92 Å². The van der Waals surface area contributed by atoms with Crippen LogP contribution in [0, 0.1) is 13.8 Å². The van der Waals surface area contributed by atoms with Crippen molar-refractivity contribution in [3.63, 3.8) is 0 Å². The topological polar surface area (TPSA) is 113 Å². The second kappa shape index (κ2) is 8.26. The number of carbonyl (C=O) groups excluding carboxylic acids is 4. The molecular weight excluding hydrogens is 374 g/mol. The summed E-state index contributed by atoms with van der Waals surface area (Å²) in [7, 11) is 1.79. The van der Waals surface area contributed by atoms with Crippen LogP contribution in [0.5, 0.6) is 0 Å². The SMILES string of the molecule is Cc1nn(C)c(C)c1NC(=O)CNC(=O)CCCN1C(=O)c2ccccc2C1=O. The Morgan fingerprint density at radius 1 is 1.03 bits per heavy atom. The van der Waals surface area contributed by atoms with Crippen molar-refractivity contribution in [1.82, 2.24) is 20.0 Å². The maximum atomic E-state index is 12.3. The third-order valence-electron chi connectivity index (χ3n) is 4.88. The summed E-state index contributed by atoms with van der Waals surface area (Å²) in [4.78, 5) is 49.8. The summed E-state index contributed by atoms with van der Waals surface area (Å²) >= 11 is 0. The first-order chi connectivity index (χ1) is 13.8. The number of imide groups is 1. The van der Waals surface area contributed by atoms with Crippen LogP contribution in [-0.4, -0.2) is 51.4 Å². The van der Waals surface area contributed by atoms with Gasteiger partial charge in [-0.3, -0.25) is 28.8 Å². The minimum Gasteiger partial charge on any atom is -0.347 e. The van der Waals surface area contributed by atoms with Crippen LogP contribution in [0.3, 0.4) is 0 Å². The van der Waals surface area contributed by atoms with E-state index in [2.05, 4.69) is 15.7 Å². The van der Waals surface area contributed by atoms with Gasteiger partial charge in [0.2, 0.25) is 11.8 Å². The summed E-state index contributed by atoms with van der Waals surface area (Å²) in [6.07, 6.45) is 0.422. The molecule has 9 heteroatoms. The van der Waals surface area contributed by atoms with Crippen LogP contribution in [0.15, 0.2) is 24.3 Å². The number of aromatic nitrogens is 2. The van der Waals surface area contributed by atoms with Crippen LogP contribution in [0.25, 0.3) is 0 Å².